The van der Waals surface area contributed by atoms with Crippen LogP contribution in [0.15, 0.2) is 0 Å². The summed E-state index contributed by atoms with van der Waals surface area (Å²) in [6.45, 7) is 2.00. The van der Waals surface area contributed by atoms with Gasteiger partial charge in [-0.25, -0.2) is 0 Å². The van der Waals surface area contributed by atoms with Crippen molar-refractivity contribution in [3.63, 3.8) is 0 Å². The minimum atomic E-state index is -1.45. The van der Waals surface area contributed by atoms with Crippen molar-refractivity contribution in [1.29, 1.82) is 0 Å². The lowest BCUT2D eigenvalue weighted by Gasteiger charge is -2.42. The molecule has 0 aromatic carbocycles. The molecular formula is C10H18N2O6. The number of carbonyl (C=O) groups is 2. The normalized spacial score (nSPS) is 35.9. The Kier molecular flexibility index (Phi) is 5.03. The quantitative estimate of drug-likeness (QED) is 0.370. The van der Waals surface area contributed by atoms with Crippen molar-refractivity contribution in [3.05, 3.63) is 0 Å². The maximum Gasteiger partial charge on any atom is 0.217 e. The van der Waals surface area contributed by atoms with Crippen molar-refractivity contribution in [2.24, 2.45) is 0 Å². The maximum atomic E-state index is 11.0. The molecule has 1 heterocycles. The fraction of sp³-hybridized carbons (Fsp3) is 0.800. The Morgan fingerprint density at radius 1 is 1.11 bits per heavy atom. The van der Waals surface area contributed by atoms with Gasteiger partial charge in [-0.1, -0.05) is 0 Å². The highest BCUT2D eigenvalue weighted by molar-refractivity contribution is 5.74. The number of hydrogen-bond donors (Lipinski definition) is 5. The molecule has 2 amide bonds. The summed E-state index contributed by atoms with van der Waals surface area (Å²) in [6, 6.07) is -1.98. The van der Waals surface area contributed by atoms with Crippen molar-refractivity contribution in [1.82, 2.24) is 10.6 Å². The van der Waals surface area contributed by atoms with Crippen LogP contribution < -0.4 is 10.6 Å². The summed E-state index contributed by atoms with van der Waals surface area (Å²) >= 11 is 0. The SMILES string of the molecule is CC(=O)N[C@H]1[C@@H](O)[C@H](NC(C)=O)[C@@H](CO)O[C@H]1O. The van der Waals surface area contributed by atoms with Gasteiger partial charge in [0.15, 0.2) is 6.29 Å². The molecule has 0 aromatic heterocycles. The zero-order chi connectivity index (χ0) is 13.9. The van der Waals surface area contributed by atoms with Gasteiger partial charge >= 0.3 is 0 Å². The molecule has 18 heavy (non-hydrogen) atoms. The maximum absolute atomic E-state index is 11.0. The highest BCUT2D eigenvalue weighted by Gasteiger charge is 2.45. The van der Waals surface area contributed by atoms with Gasteiger partial charge in [-0.3, -0.25) is 9.59 Å². The third kappa shape index (κ3) is 3.39. The largest absolute Gasteiger partial charge is 0.394 e. The monoisotopic (exact) mass is 262 g/mol. The first-order chi connectivity index (χ1) is 8.36. The first-order valence-electron chi connectivity index (χ1n) is 5.53. The van der Waals surface area contributed by atoms with E-state index >= 15 is 0 Å². The van der Waals surface area contributed by atoms with Crippen LogP contribution in [0.5, 0.6) is 0 Å². The van der Waals surface area contributed by atoms with Crippen LogP contribution >= 0.6 is 0 Å². The fourth-order valence-corrected chi connectivity index (χ4v) is 1.92. The number of nitrogens with one attached hydrogen (secondary N) is 2. The Morgan fingerprint density at radius 2 is 1.61 bits per heavy atom. The number of aliphatic hydroxyl groups is 3. The van der Waals surface area contributed by atoms with E-state index in [-0.39, 0.29) is 0 Å². The predicted octanol–water partition coefficient (Wildman–Crippen LogP) is -2.93. The van der Waals surface area contributed by atoms with E-state index in [1.54, 1.807) is 0 Å². The summed E-state index contributed by atoms with van der Waals surface area (Å²) in [7, 11) is 0. The van der Waals surface area contributed by atoms with E-state index in [2.05, 4.69) is 10.6 Å². The van der Waals surface area contributed by atoms with Crippen LogP contribution in [0.3, 0.4) is 0 Å². The minimum absolute atomic E-state index is 0.418. The molecule has 0 aromatic rings. The average Bonchev–Trinajstić information content (AvgIpc) is 2.27. The minimum Gasteiger partial charge on any atom is -0.394 e. The molecule has 1 aliphatic rings. The van der Waals surface area contributed by atoms with E-state index in [9.17, 15) is 19.8 Å². The molecule has 1 aliphatic heterocycles. The van der Waals surface area contributed by atoms with E-state index in [1.165, 1.54) is 13.8 Å². The van der Waals surface area contributed by atoms with Gasteiger partial charge in [0.2, 0.25) is 11.8 Å². The first-order valence-corrected chi connectivity index (χ1v) is 5.53. The molecular weight excluding hydrogens is 244 g/mol. The van der Waals surface area contributed by atoms with Crippen LogP contribution in [0.2, 0.25) is 0 Å². The van der Waals surface area contributed by atoms with Crippen molar-refractivity contribution in [3.8, 4) is 0 Å². The van der Waals surface area contributed by atoms with Gasteiger partial charge in [0, 0.05) is 13.8 Å². The van der Waals surface area contributed by atoms with Gasteiger partial charge in [-0.15, -0.1) is 0 Å². The zero-order valence-electron chi connectivity index (χ0n) is 10.2. The molecule has 104 valence electrons. The van der Waals surface area contributed by atoms with E-state index in [1.807, 2.05) is 0 Å². The van der Waals surface area contributed by atoms with Crippen LogP contribution in [0.1, 0.15) is 13.8 Å². The first kappa shape index (κ1) is 14.8. The third-order valence-electron chi connectivity index (χ3n) is 2.68. The lowest BCUT2D eigenvalue weighted by Crippen LogP contribution is -2.68. The zero-order valence-corrected chi connectivity index (χ0v) is 10.2. The third-order valence-corrected chi connectivity index (χ3v) is 2.68. The molecule has 0 unspecified atom stereocenters. The van der Waals surface area contributed by atoms with Crippen molar-refractivity contribution >= 4 is 11.8 Å². The Bertz CT molecular complexity index is 323. The van der Waals surface area contributed by atoms with Crippen LogP contribution in [-0.4, -0.2) is 64.3 Å². The van der Waals surface area contributed by atoms with E-state index < -0.39 is 49.0 Å². The predicted molar refractivity (Wildman–Crippen MR) is 59.2 cm³/mol. The number of hydrogen-bond acceptors (Lipinski definition) is 6. The number of amides is 2. The van der Waals surface area contributed by atoms with E-state index in [0.29, 0.717) is 0 Å². The van der Waals surface area contributed by atoms with E-state index in [4.69, 9.17) is 9.84 Å². The summed E-state index contributed by atoms with van der Waals surface area (Å²) in [4.78, 5) is 22.0. The Hall–Kier alpha value is -1.22. The fourth-order valence-electron chi connectivity index (χ4n) is 1.92. The van der Waals surface area contributed by atoms with Gasteiger partial charge in [0.05, 0.1) is 12.6 Å². The van der Waals surface area contributed by atoms with Gasteiger partial charge in [-0.2, -0.15) is 0 Å². The van der Waals surface area contributed by atoms with Crippen LogP contribution in [-0.2, 0) is 14.3 Å². The van der Waals surface area contributed by atoms with Gasteiger partial charge in [0.1, 0.15) is 18.2 Å². The highest BCUT2D eigenvalue weighted by atomic mass is 16.6. The van der Waals surface area contributed by atoms with Crippen LogP contribution in [0.25, 0.3) is 0 Å². The number of carbonyl (C=O) groups excluding carboxylic acids is 2. The van der Waals surface area contributed by atoms with Gasteiger partial charge < -0.3 is 30.7 Å². The van der Waals surface area contributed by atoms with Crippen LogP contribution in [0, 0.1) is 0 Å². The van der Waals surface area contributed by atoms with E-state index in [0.717, 1.165) is 0 Å². The summed E-state index contributed by atoms with van der Waals surface area (Å²) < 4.78 is 5.05. The molecule has 1 rings (SSSR count). The van der Waals surface area contributed by atoms with Crippen molar-refractivity contribution < 1.29 is 29.6 Å². The average molecular weight is 262 g/mol. The molecule has 0 spiro atoms. The molecule has 1 saturated heterocycles. The summed E-state index contributed by atoms with van der Waals surface area (Å²) in [6.07, 6.45) is -3.66. The van der Waals surface area contributed by atoms with Crippen molar-refractivity contribution in [2.45, 2.75) is 44.4 Å². The lowest BCUT2D eigenvalue weighted by molar-refractivity contribution is -0.226. The van der Waals surface area contributed by atoms with Crippen molar-refractivity contribution in [2.75, 3.05) is 6.61 Å². The topological polar surface area (TPSA) is 128 Å². The van der Waals surface area contributed by atoms with Gasteiger partial charge in [-0.05, 0) is 0 Å². The molecule has 0 aliphatic carbocycles. The molecule has 0 radical (unpaired) electrons. The number of rotatable bonds is 3. The summed E-state index contributed by atoms with van der Waals surface area (Å²) in [5.41, 5.74) is 0. The molecule has 5 atom stereocenters. The summed E-state index contributed by atoms with van der Waals surface area (Å²) in [5.74, 6) is -0.871. The Morgan fingerprint density at radius 3 is 2.06 bits per heavy atom. The molecule has 8 nitrogen and oxygen atoms in total. The smallest absolute Gasteiger partial charge is 0.217 e. The standard InChI is InChI=1S/C10H18N2O6/c1-4(14)11-7-6(3-13)18-10(17)8(9(7)16)12-5(2)15/h6-10,13,16-17H,3H2,1-2H3,(H,11,14)(H,12,15)/t6-,7-,8+,9+,10-/m1/s1. The number of aliphatic hydroxyl groups excluding tert-OH is 3. The summed E-state index contributed by atoms with van der Waals surface area (Å²) in [5, 5.41) is 33.5. The highest BCUT2D eigenvalue weighted by Crippen LogP contribution is 2.19. The molecule has 5 N–H and O–H groups in total. The number of ether oxygens (including phenoxy) is 1. The Labute approximate surface area is 104 Å². The Balaban J connectivity index is 2.84. The van der Waals surface area contributed by atoms with Gasteiger partial charge in [0.25, 0.3) is 0 Å². The molecule has 0 saturated carbocycles. The second kappa shape index (κ2) is 6.10. The molecule has 1 fully saturated rings. The van der Waals surface area contributed by atoms with Crippen LogP contribution in [0.4, 0.5) is 0 Å². The lowest BCUT2D eigenvalue weighted by atomic mass is 9.94. The molecule has 8 heteroatoms. The second-order valence-corrected chi connectivity index (χ2v) is 4.19. The molecule has 0 bridgehead atoms. The second-order valence-electron chi connectivity index (χ2n) is 4.19.